The molecule has 156 valence electrons. The number of benzene rings is 2. The van der Waals surface area contributed by atoms with E-state index >= 15 is 0 Å². The van der Waals surface area contributed by atoms with Crippen LogP contribution in [0, 0.1) is 0 Å². The van der Waals surface area contributed by atoms with Crippen molar-refractivity contribution in [3.63, 3.8) is 0 Å². The lowest BCUT2D eigenvalue weighted by Crippen LogP contribution is -2.40. The van der Waals surface area contributed by atoms with Gasteiger partial charge in [0.05, 0.1) is 18.1 Å². The van der Waals surface area contributed by atoms with Crippen molar-refractivity contribution in [2.75, 3.05) is 36.9 Å². The number of carbonyl (C=O) groups excluding carboxylic acids is 1. The predicted molar refractivity (Wildman–Crippen MR) is 114 cm³/mol. The highest BCUT2D eigenvalue weighted by molar-refractivity contribution is 7.89. The van der Waals surface area contributed by atoms with Crippen molar-refractivity contribution in [1.82, 2.24) is 4.31 Å². The van der Waals surface area contributed by atoms with Crippen LogP contribution in [0.2, 0.25) is 0 Å². The number of hydrogen-bond donors (Lipinski definition) is 2. The molecule has 0 aliphatic carbocycles. The van der Waals surface area contributed by atoms with Crippen LogP contribution in [0.3, 0.4) is 0 Å². The third-order valence-corrected chi connectivity index (χ3v) is 6.74. The molecule has 0 radical (unpaired) electrons. The fourth-order valence-corrected chi connectivity index (χ4v) is 4.53. The van der Waals surface area contributed by atoms with E-state index in [0.29, 0.717) is 32.0 Å². The number of rotatable bonds is 7. The minimum Gasteiger partial charge on any atom is -0.379 e. The molecular formula is C21H27N3O4S. The molecule has 1 heterocycles. The van der Waals surface area contributed by atoms with E-state index in [1.54, 1.807) is 19.1 Å². The highest BCUT2D eigenvalue weighted by atomic mass is 32.2. The summed E-state index contributed by atoms with van der Waals surface area (Å²) >= 11 is 0. The minimum atomic E-state index is -3.61. The Morgan fingerprint density at radius 2 is 1.79 bits per heavy atom. The Morgan fingerprint density at radius 3 is 2.45 bits per heavy atom. The van der Waals surface area contributed by atoms with Crippen LogP contribution >= 0.6 is 0 Å². The fourth-order valence-electron chi connectivity index (χ4n) is 3.07. The minimum absolute atomic E-state index is 0.160. The van der Waals surface area contributed by atoms with Crippen molar-refractivity contribution in [2.45, 2.75) is 31.2 Å². The van der Waals surface area contributed by atoms with E-state index in [1.165, 1.54) is 22.0 Å². The quantitative estimate of drug-likeness (QED) is 0.723. The van der Waals surface area contributed by atoms with Gasteiger partial charge >= 0.3 is 0 Å². The van der Waals surface area contributed by atoms with Crippen molar-refractivity contribution in [3.05, 3.63) is 54.1 Å². The zero-order chi connectivity index (χ0) is 20.9. The summed E-state index contributed by atoms with van der Waals surface area (Å²) in [6.07, 6.45) is 0.958. The Morgan fingerprint density at radius 1 is 1.10 bits per heavy atom. The highest BCUT2D eigenvalue weighted by Gasteiger charge is 2.26. The fraction of sp³-hybridized carbons (Fsp3) is 0.381. The lowest BCUT2D eigenvalue weighted by Gasteiger charge is -2.26. The van der Waals surface area contributed by atoms with Crippen LogP contribution in [-0.2, 0) is 26.0 Å². The Hall–Kier alpha value is -2.42. The number of aryl methyl sites for hydroxylation is 1. The molecule has 29 heavy (non-hydrogen) atoms. The average Bonchev–Trinajstić information content (AvgIpc) is 2.75. The molecule has 0 aromatic heterocycles. The first kappa shape index (κ1) is 21.3. The van der Waals surface area contributed by atoms with Crippen LogP contribution in [-0.4, -0.2) is 51.0 Å². The van der Waals surface area contributed by atoms with Crippen LogP contribution < -0.4 is 10.6 Å². The summed E-state index contributed by atoms with van der Waals surface area (Å²) in [6.45, 7) is 5.28. The molecule has 1 aliphatic rings. The second kappa shape index (κ2) is 9.39. The Labute approximate surface area is 172 Å². The second-order valence-electron chi connectivity index (χ2n) is 6.95. The molecule has 7 nitrogen and oxygen atoms in total. The molecule has 0 bridgehead atoms. The van der Waals surface area contributed by atoms with Gasteiger partial charge in [0, 0.05) is 24.5 Å². The Kier molecular flexibility index (Phi) is 6.89. The number of anilines is 2. The summed E-state index contributed by atoms with van der Waals surface area (Å²) in [5, 5.41) is 5.95. The summed E-state index contributed by atoms with van der Waals surface area (Å²) in [6, 6.07) is 13.8. The standard InChI is InChI=1S/C21H27N3O4S/c1-3-17-7-9-18(10-8-17)22-16(2)21(25)23-19-5-4-6-20(15-19)29(26,27)24-11-13-28-14-12-24/h4-10,15-16,22H,3,11-14H2,1-2H3,(H,23,25). The number of nitrogens with zero attached hydrogens (tertiary/aromatic N) is 1. The SMILES string of the molecule is CCc1ccc(NC(C)C(=O)Nc2cccc(S(=O)(=O)N3CCOCC3)c2)cc1. The number of amides is 1. The first-order chi connectivity index (χ1) is 13.9. The maximum atomic E-state index is 12.8. The van der Waals surface area contributed by atoms with Crippen molar-refractivity contribution in [2.24, 2.45) is 0 Å². The number of nitrogens with one attached hydrogen (secondary N) is 2. The van der Waals surface area contributed by atoms with Crippen LogP contribution in [0.1, 0.15) is 19.4 Å². The summed E-state index contributed by atoms with van der Waals surface area (Å²) in [4.78, 5) is 12.7. The van der Waals surface area contributed by atoms with Gasteiger partial charge in [0.1, 0.15) is 6.04 Å². The van der Waals surface area contributed by atoms with Crippen molar-refractivity contribution < 1.29 is 17.9 Å². The van der Waals surface area contributed by atoms with E-state index < -0.39 is 16.1 Å². The first-order valence-corrected chi connectivity index (χ1v) is 11.2. The molecule has 1 saturated heterocycles. The molecular weight excluding hydrogens is 390 g/mol. The molecule has 1 fully saturated rings. The molecule has 0 spiro atoms. The average molecular weight is 418 g/mol. The lowest BCUT2D eigenvalue weighted by atomic mass is 10.1. The summed E-state index contributed by atoms with van der Waals surface area (Å²) in [7, 11) is -3.61. The first-order valence-electron chi connectivity index (χ1n) is 9.74. The molecule has 2 N–H and O–H groups in total. The number of ether oxygens (including phenoxy) is 1. The van der Waals surface area contributed by atoms with E-state index in [4.69, 9.17) is 4.74 Å². The normalized spacial score (nSPS) is 16.2. The van der Waals surface area contributed by atoms with Gasteiger partial charge in [-0.05, 0) is 49.2 Å². The van der Waals surface area contributed by atoms with Crippen molar-refractivity contribution >= 4 is 27.3 Å². The van der Waals surface area contributed by atoms with E-state index in [0.717, 1.165) is 12.1 Å². The lowest BCUT2D eigenvalue weighted by molar-refractivity contribution is -0.116. The van der Waals surface area contributed by atoms with Gasteiger partial charge < -0.3 is 15.4 Å². The zero-order valence-electron chi connectivity index (χ0n) is 16.7. The maximum Gasteiger partial charge on any atom is 0.246 e. The van der Waals surface area contributed by atoms with Crippen LogP contribution in [0.4, 0.5) is 11.4 Å². The third-order valence-electron chi connectivity index (χ3n) is 4.85. The molecule has 2 aromatic rings. The predicted octanol–water partition coefficient (Wildman–Crippen LogP) is 2.71. The Bertz CT molecular complexity index is 939. The number of hydrogen-bond acceptors (Lipinski definition) is 5. The molecule has 1 aliphatic heterocycles. The van der Waals surface area contributed by atoms with Crippen molar-refractivity contribution in [1.29, 1.82) is 0 Å². The monoisotopic (exact) mass is 417 g/mol. The van der Waals surface area contributed by atoms with Gasteiger partial charge in [0.2, 0.25) is 15.9 Å². The molecule has 8 heteroatoms. The second-order valence-corrected chi connectivity index (χ2v) is 8.89. The maximum absolute atomic E-state index is 12.8. The van der Waals surface area contributed by atoms with Gasteiger partial charge in [-0.1, -0.05) is 25.1 Å². The summed E-state index contributed by atoms with van der Waals surface area (Å²) in [5.74, 6) is -0.245. The topological polar surface area (TPSA) is 87.7 Å². The smallest absolute Gasteiger partial charge is 0.246 e. The largest absolute Gasteiger partial charge is 0.379 e. The number of carbonyl (C=O) groups is 1. The molecule has 1 amide bonds. The number of morpholine rings is 1. The van der Waals surface area contributed by atoms with Gasteiger partial charge in [-0.2, -0.15) is 4.31 Å². The van der Waals surface area contributed by atoms with E-state index in [9.17, 15) is 13.2 Å². The number of sulfonamides is 1. The van der Waals surface area contributed by atoms with Gasteiger partial charge in [-0.25, -0.2) is 8.42 Å². The molecule has 1 unspecified atom stereocenters. The molecule has 0 saturated carbocycles. The van der Waals surface area contributed by atoms with Gasteiger partial charge in [-0.3, -0.25) is 4.79 Å². The van der Waals surface area contributed by atoms with E-state index in [2.05, 4.69) is 17.6 Å². The van der Waals surface area contributed by atoms with Crippen LogP contribution in [0.5, 0.6) is 0 Å². The molecule has 2 aromatic carbocycles. The van der Waals surface area contributed by atoms with Crippen LogP contribution in [0.25, 0.3) is 0 Å². The highest BCUT2D eigenvalue weighted by Crippen LogP contribution is 2.21. The van der Waals surface area contributed by atoms with Gasteiger partial charge in [0.15, 0.2) is 0 Å². The molecule has 1 atom stereocenters. The molecule has 3 rings (SSSR count). The van der Waals surface area contributed by atoms with Crippen LogP contribution in [0.15, 0.2) is 53.4 Å². The summed E-state index contributed by atoms with van der Waals surface area (Å²) in [5.41, 5.74) is 2.53. The zero-order valence-corrected chi connectivity index (χ0v) is 17.5. The Balaban J connectivity index is 1.66. The van der Waals surface area contributed by atoms with Crippen molar-refractivity contribution in [3.8, 4) is 0 Å². The third kappa shape index (κ3) is 5.35. The van der Waals surface area contributed by atoms with Gasteiger partial charge in [0.25, 0.3) is 0 Å². The van der Waals surface area contributed by atoms with E-state index in [-0.39, 0.29) is 10.8 Å². The summed E-state index contributed by atoms with van der Waals surface area (Å²) < 4.78 is 32.2. The van der Waals surface area contributed by atoms with E-state index in [1.807, 2.05) is 24.3 Å². The van der Waals surface area contributed by atoms with Gasteiger partial charge in [-0.15, -0.1) is 0 Å².